The number of amides is 1. The number of carbonyl (C=O) groups is 3. The van der Waals surface area contributed by atoms with E-state index in [9.17, 15) is 22.8 Å². The van der Waals surface area contributed by atoms with E-state index >= 15 is 0 Å². The lowest BCUT2D eigenvalue weighted by Crippen LogP contribution is -2.49. The van der Waals surface area contributed by atoms with Crippen LogP contribution in [0.5, 0.6) is 0 Å². The van der Waals surface area contributed by atoms with Crippen LogP contribution in [0.1, 0.15) is 38.1 Å². The SMILES string of the molecule is CC(=O)N1CCN(S(=O)(=O)c2cccc(C(=O)OCC(=O)C(C)(C)C)c2)CC1. The van der Waals surface area contributed by atoms with Gasteiger partial charge >= 0.3 is 5.97 Å². The van der Waals surface area contributed by atoms with Crippen LogP contribution in [0.15, 0.2) is 29.2 Å². The molecule has 0 unspecified atom stereocenters. The number of hydrogen-bond acceptors (Lipinski definition) is 6. The van der Waals surface area contributed by atoms with Gasteiger partial charge in [-0.05, 0) is 18.2 Å². The highest BCUT2D eigenvalue weighted by Gasteiger charge is 2.30. The zero-order valence-electron chi connectivity index (χ0n) is 16.6. The number of esters is 1. The summed E-state index contributed by atoms with van der Waals surface area (Å²) in [5, 5.41) is 0. The Labute approximate surface area is 165 Å². The minimum atomic E-state index is -3.80. The van der Waals surface area contributed by atoms with Crippen molar-refractivity contribution in [3.05, 3.63) is 29.8 Å². The van der Waals surface area contributed by atoms with Gasteiger partial charge in [0, 0.05) is 38.5 Å². The van der Waals surface area contributed by atoms with E-state index in [2.05, 4.69) is 0 Å². The maximum absolute atomic E-state index is 12.9. The zero-order chi connectivity index (χ0) is 21.1. The lowest BCUT2D eigenvalue weighted by atomic mass is 9.91. The minimum absolute atomic E-state index is 0.0274. The molecule has 28 heavy (non-hydrogen) atoms. The molecule has 0 bridgehead atoms. The third-order valence-corrected chi connectivity index (χ3v) is 6.46. The number of ketones is 1. The van der Waals surface area contributed by atoms with E-state index in [0.717, 1.165) is 0 Å². The minimum Gasteiger partial charge on any atom is -0.454 e. The van der Waals surface area contributed by atoms with Crippen molar-refractivity contribution in [1.82, 2.24) is 9.21 Å². The second-order valence-corrected chi connectivity index (χ2v) is 9.63. The molecule has 0 saturated carbocycles. The molecule has 154 valence electrons. The molecule has 0 N–H and O–H groups in total. The first-order chi connectivity index (χ1) is 12.9. The molecule has 2 rings (SSSR count). The number of carbonyl (C=O) groups excluding carboxylic acids is 3. The van der Waals surface area contributed by atoms with Crippen LogP contribution >= 0.6 is 0 Å². The van der Waals surface area contributed by atoms with Crippen molar-refractivity contribution in [2.24, 2.45) is 5.41 Å². The summed E-state index contributed by atoms with van der Waals surface area (Å²) in [6.45, 7) is 7.28. The molecule has 0 spiro atoms. The van der Waals surface area contributed by atoms with E-state index in [4.69, 9.17) is 4.74 Å². The summed E-state index contributed by atoms with van der Waals surface area (Å²) in [7, 11) is -3.80. The van der Waals surface area contributed by atoms with E-state index in [1.165, 1.54) is 35.5 Å². The predicted octanol–water partition coefficient (Wildman–Crippen LogP) is 1.31. The van der Waals surface area contributed by atoms with Gasteiger partial charge in [-0.2, -0.15) is 4.31 Å². The molecule has 0 aromatic heterocycles. The first kappa shape index (κ1) is 22.0. The smallest absolute Gasteiger partial charge is 0.338 e. The van der Waals surface area contributed by atoms with Crippen LogP contribution < -0.4 is 0 Å². The fraction of sp³-hybridized carbons (Fsp3) is 0.526. The fourth-order valence-electron chi connectivity index (χ4n) is 2.61. The monoisotopic (exact) mass is 410 g/mol. The molecule has 0 aliphatic carbocycles. The number of sulfonamides is 1. The molecular weight excluding hydrogens is 384 g/mol. The summed E-state index contributed by atoms with van der Waals surface area (Å²) in [5.41, 5.74) is -0.571. The van der Waals surface area contributed by atoms with Gasteiger partial charge in [-0.25, -0.2) is 13.2 Å². The lowest BCUT2D eigenvalue weighted by molar-refractivity contribution is -0.130. The number of piperazine rings is 1. The Morgan fingerprint density at radius 1 is 1.07 bits per heavy atom. The number of hydrogen-bond donors (Lipinski definition) is 0. The molecule has 0 radical (unpaired) electrons. The van der Waals surface area contributed by atoms with E-state index in [1.807, 2.05) is 0 Å². The third kappa shape index (κ3) is 5.17. The van der Waals surface area contributed by atoms with E-state index in [-0.39, 0.29) is 41.8 Å². The molecule has 1 heterocycles. The fourth-order valence-corrected chi connectivity index (χ4v) is 4.08. The molecule has 1 aromatic rings. The molecule has 9 heteroatoms. The summed E-state index contributed by atoms with van der Waals surface area (Å²) in [4.78, 5) is 37.1. The molecule has 1 aliphatic heterocycles. The maximum atomic E-state index is 12.9. The molecule has 1 aliphatic rings. The molecule has 1 amide bonds. The molecular formula is C19H26N2O6S. The highest BCUT2D eigenvalue weighted by Crippen LogP contribution is 2.20. The summed E-state index contributed by atoms with van der Waals surface area (Å²) < 4.78 is 32.0. The van der Waals surface area contributed by atoms with Crippen LogP contribution in [0.25, 0.3) is 0 Å². The number of ether oxygens (including phenoxy) is 1. The van der Waals surface area contributed by atoms with Crippen molar-refractivity contribution >= 4 is 27.7 Å². The Balaban J connectivity index is 2.10. The third-order valence-electron chi connectivity index (χ3n) is 4.56. The first-order valence-electron chi connectivity index (χ1n) is 8.99. The second-order valence-electron chi connectivity index (χ2n) is 7.69. The standard InChI is InChI=1S/C19H26N2O6S/c1-14(22)20-8-10-21(11-9-20)28(25,26)16-7-5-6-15(12-16)18(24)27-13-17(23)19(2,3)4/h5-7,12H,8-11,13H2,1-4H3. The molecule has 1 aromatic carbocycles. The van der Waals surface area contributed by atoms with Gasteiger partial charge in [-0.1, -0.05) is 26.8 Å². The van der Waals surface area contributed by atoms with Gasteiger partial charge in [0.25, 0.3) is 0 Å². The average Bonchev–Trinajstić information content (AvgIpc) is 2.65. The van der Waals surface area contributed by atoms with E-state index < -0.39 is 21.4 Å². The molecule has 1 saturated heterocycles. The van der Waals surface area contributed by atoms with Crippen molar-refractivity contribution in [3.8, 4) is 0 Å². The number of benzene rings is 1. The molecule has 8 nitrogen and oxygen atoms in total. The van der Waals surface area contributed by atoms with Crippen LogP contribution in [-0.2, 0) is 24.3 Å². The van der Waals surface area contributed by atoms with Crippen molar-refractivity contribution < 1.29 is 27.5 Å². The Morgan fingerprint density at radius 2 is 1.68 bits per heavy atom. The van der Waals surface area contributed by atoms with Crippen LogP contribution in [-0.4, -0.2) is 68.1 Å². The molecule has 0 atom stereocenters. The Morgan fingerprint density at radius 3 is 2.21 bits per heavy atom. The van der Waals surface area contributed by atoms with Gasteiger partial charge in [0.1, 0.15) is 0 Å². The Hall–Kier alpha value is -2.26. The van der Waals surface area contributed by atoms with Gasteiger partial charge in [-0.15, -0.1) is 0 Å². The van der Waals surface area contributed by atoms with Crippen molar-refractivity contribution in [2.75, 3.05) is 32.8 Å². The Bertz CT molecular complexity index is 865. The summed E-state index contributed by atoms with van der Waals surface area (Å²) in [6.07, 6.45) is 0. The summed E-state index contributed by atoms with van der Waals surface area (Å²) in [5.74, 6) is -1.07. The summed E-state index contributed by atoms with van der Waals surface area (Å²) >= 11 is 0. The topological polar surface area (TPSA) is 101 Å². The highest BCUT2D eigenvalue weighted by atomic mass is 32.2. The summed E-state index contributed by atoms with van der Waals surface area (Å²) in [6, 6.07) is 5.55. The number of Topliss-reactive ketones (excluding diaryl/α,β-unsaturated/α-hetero) is 1. The molecule has 1 fully saturated rings. The van der Waals surface area contributed by atoms with Gasteiger partial charge in [0.15, 0.2) is 12.4 Å². The lowest BCUT2D eigenvalue weighted by Gasteiger charge is -2.33. The predicted molar refractivity (Wildman–Crippen MR) is 102 cm³/mol. The van der Waals surface area contributed by atoms with Crippen molar-refractivity contribution in [3.63, 3.8) is 0 Å². The maximum Gasteiger partial charge on any atom is 0.338 e. The normalized spacial score (nSPS) is 15.9. The van der Waals surface area contributed by atoms with E-state index in [1.54, 1.807) is 25.7 Å². The van der Waals surface area contributed by atoms with Gasteiger partial charge in [0.05, 0.1) is 10.5 Å². The zero-order valence-corrected chi connectivity index (χ0v) is 17.4. The van der Waals surface area contributed by atoms with Crippen LogP contribution in [0.3, 0.4) is 0 Å². The number of nitrogens with zero attached hydrogens (tertiary/aromatic N) is 2. The largest absolute Gasteiger partial charge is 0.454 e. The average molecular weight is 410 g/mol. The van der Waals surface area contributed by atoms with Crippen molar-refractivity contribution in [2.45, 2.75) is 32.6 Å². The van der Waals surface area contributed by atoms with E-state index in [0.29, 0.717) is 13.1 Å². The highest BCUT2D eigenvalue weighted by molar-refractivity contribution is 7.89. The quantitative estimate of drug-likeness (QED) is 0.679. The van der Waals surface area contributed by atoms with Gasteiger partial charge < -0.3 is 9.64 Å². The first-order valence-corrected chi connectivity index (χ1v) is 10.4. The van der Waals surface area contributed by atoms with Crippen molar-refractivity contribution in [1.29, 1.82) is 0 Å². The van der Waals surface area contributed by atoms with Gasteiger partial charge in [0.2, 0.25) is 15.9 Å². The second kappa shape index (κ2) is 8.40. The van der Waals surface area contributed by atoms with Crippen LogP contribution in [0.4, 0.5) is 0 Å². The van der Waals surface area contributed by atoms with Crippen LogP contribution in [0, 0.1) is 5.41 Å². The number of rotatable bonds is 5. The van der Waals surface area contributed by atoms with Crippen LogP contribution in [0.2, 0.25) is 0 Å². The van der Waals surface area contributed by atoms with Gasteiger partial charge in [-0.3, -0.25) is 9.59 Å². The Kier molecular flexibility index (Phi) is 6.61.